The van der Waals surface area contributed by atoms with Crippen molar-refractivity contribution in [1.82, 2.24) is 20.1 Å². The van der Waals surface area contributed by atoms with Crippen LogP contribution < -0.4 is 10.6 Å². The molecule has 1 heterocycles. The van der Waals surface area contributed by atoms with E-state index in [1.54, 1.807) is 11.0 Å². The first-order chi connectivity index (χ1) is 11.3. The molecule has 2 rings (SSSR count). The van der Waals surface area contributed by atoms with Crippen molar-refractivity contribution in [3.63, 3.8) is 0 Å². The standard InChI is InChI=1S/C17H23N5O2/c1-17(2,3)15(24)18-10-9-14(23)20-16-19-12-22(21-16)11-13-7-5-4-6-8-13/h4-8,12H,9-11H2,1-3H3,(H,18,24)(H,20,21,23). The predicted molar refractivity (Wildman–Crippen MR) is 91.3 cm³/mol. The Balaban J connectivity index is 1.77. The van der Waals surface area contributed by atoms with Gasteiger partial charge in [0.2, 0.25) is 17.8 Å². The summed E-state index contributed by atoms with van der Waals surface area (Å²) >= 11 is 0. The molecule has 0 bridgehead atoms. The summed E-state index contributed by atoms with van der Waals surface area (Å²) in [5, 5.41) is 9.57. The number of nitrogens with one attached hydrogen (secondary N) is 2. The molecule has 0 unspecified atom stereocenters. The molecule has 24 heavy (non-hydrogen) atoms. The lowest BCUT2D eigenvalue weighted by Crippen LogP contribution is -2.36. The second-order valence-corrected chi connectivity index (χ2v) is 6.56. The van der Waals surface area contributed by atoms with Gasteiger partial charge in [-0.15, -0.1) is 5.10 Å². The topological polar surface area (TPSA) is 88.9 Å². The largest absolute Gasteiger partial charge is 0.355 e. The monoisotopic (exact) mass is 329 g/mol. The average Bonchev–Trinajstić information content (AvgIpc) is 2.94. The molecule has 0 saturated heterocycles. The lowest BCUT2D eigenvalue weighted by atomic mass is 9.96. The molecule has 0 atom stereocenters. The van der Waals surface area contributed by atoms with Crippen LogP contribution in [0.4, 0.5) is 5.95 Å². The van der Waals surface area contributed by atoms with Crippen molar-refractivity contribution in [3.05, 3.63) is 42.2 Å². The van der Waals surface area contributed by atoms with E-state index in [1.807, 2.05) is 51.1 Å². The van der Waals surface area contributed by atoms with E-state index in [9.17, 15) is 9.59 Å². The van der Waals surface area contributed by atoms with E-state index in [4.69, 9.17) is 0 Å². The van der Waals surface area contributed by atoms with Crippen LogP contribution in [-0.4, -0.2) is 33.1 Å². The quantitative estimate of drug-likeness (QED) is 0.846. The number of rotatable bonds is 6. The summed E-state index contributed by atoms with van der Waals surface area (Å²) in [6.07, 6.45) is 1.75. The number of amides is 2. The van der Waals surface area contributed by atoms with Crippen LogP contribution in [-0.2, 0) is 16.1 Å². The Labute approximate surface area is 141 Å². The van der Waals surface area contributed by atoms with Gasteiger partial charge in [-0.2, -0.15) is 0 Å². The highest BCUT2D eigenvalue weighted by Gasteiger charge is 2.20. The minimum atomic E-state index is -0.464. The van der Waals surface area contributed by atoms with E-state index in [0.717, 1.165) is 5.56 Å². The maximum Gasteiger partial charge on any atom is 0.248 e. The molecule has 0 saturated carbocycles. The van der Waals surface area contributed by atoms with Gasteiger partial charge in [-0.3, -0.25) is 14.9 Å². The van der Waals surface area contributed by atoms with Crippen LogP contribution in [0.1, 0.15) is 32.8 Å². The van der Waals surface area contributed by atoms with Crippen molar-refractivity contribution in [3.8, 4) is 0 Å². The molecule has 0 spiro atoms. The van der Waals surface area contributed by atoms with Gasteiger partial charge in [0.25, 0.3) is 0 Å². The molecule has 2 aromatic rings. The molecule has 0 radical (unpaired) electrons. The molecule has 2 amide bonds. The van der Waals surface area contributed by atoms with E-state index in [-0.39, 0.29) is 30.7 Å². The molecule has 0 aliphatic rings. The molecule has 0 aliphatic heterocycles. The number of benzene rings is 1. The maximum atomic E-state index is 11.9. The van der Waals surface area contributed by atoms with Gasteiger partial charge in [-0.25, -0.2) is 9.67 Å². The van der Waals surface area contributed by atoms with Gasteiger partial charge in [-0.1, -0.05) is 51.1 Å². The highest BCUT2D eigenvalue weighted by atomic mass is 16.2. The third-order valence-corrected chi connectivity index (χ3v) is 3.29. The number of nitrogens with zero attached hydrogens (tertiary/aromatic N) is 3. The summed E-state index contributed by atoms with van der Waals surface area (Å²) in [6, 6.07) is 9.87. The van der Waals surface area contributed by atoms with Crippen LogP contribution in [0.2, 0.25) is 0 Å². The van der Waals surface area contributed by atoms with Gasteiger partial charge in [0.05, 0.1) is 6.54 Å². The van der Waals surface area contributed by atoms with Gasteiger partial charge in [0.15, 0.2) is 0 Å². The molecule has 2 N–H and O–H groups in total. The molecule has 1 aromatic carbocycles. The van der Waals surface area contributed by atoms with Crippen LogP contribution in [0.15, 0.2) is 36.7 Å². The van der Waals surface area contributed by atoms with Gasteiger partial charge in [0, 0.05) is 18.4 Å². The van der Waals surface area contributed by atoms with Gasteiger partial charge in [-0.05, 0) is 5.56 Å². The molecule has 0 aliphatic carbocycles. The molecule has 1 aromatic heterocycles. The number of carbonyl (C=O) groups excluding carboxylic acids is 2. The van der Waals surface area contributed by atoms with Crippen LogP contribution in [0, 0.1) is 5.41 Å². The van der Waals surface area contributed by atoms with Crippen LogP contribution in [0.25, 0.3) is 0 Å². The number of aromatic nitrogens is 3. The zero-order valence-corrected chi connectivity index (χ0v) is 14.2. The lowest BCUT2D eigenvalue weighted by molar-refractivity contribution is -0.128. The maximum absolute atomic E-state index is 11.9. The SMILES string of the molecule is CC(C)(C)C(=O)NCCC(=O)Nc1ncn(Cc2ccccc2)n1. The summed E-state index contributed by atoms with van der Waals surface area (Å²) in [6.45, 7) is 6.35. The predicted octanol–water partition coefficient (Wildman–Crippen LogP) is 1.82. The normalized spacial score (nSPS) is 11.1. The summed E-state index contributed by atoms with van der Waals surface area (Å²) in [4.78, 5) is 27.6. The zero-order chi connectivity index (χ0) is 17.6. The second-order valence-electron chi connectivity index (χ2n) is 6.56. The fourth-order valence-corrected chi connectivity index (χ4v) is 1.94. The first kappa shape index (κ1) is 17.7. The fraction of sp³-hybridized carbons (Fsp3) is 0.412. The molecular weight excluding hydrogens is 306 g/mol. The van der Waals surface area contributed by atoms with Gasteiger partial charge in [0.1, 0.15) is 6.33 Å². The van der Waals surface area contributed by atoms with Crippen molar-refractivity contribution >= 4 is 17.8 Å². The van der Waals surface area contributed by atoms with Crippen LogP contribution in [0.5, 0.6) is 0 Å². The third kappa shape index (κ3) is 5.49. The van der Waals surface area contributed by atoms with E-state index in [1.165, 1.54) is 0 Å². The summed E-state index contributed by atoms with van der Waals surface area (Å²) in [5.74, 6) is -0.0553. The van der Waals surface area contributed by atoms with E-state index < -0.39 is 5.41 Å². The third-order valence-electron chi connectivity index (χ3n) is 3.29. The van der Waals surface area contributed by atoms with Crippen molar-refractivity contribution in [2.75, 3.05) is 11.9 Å². The molecule has 0 fully saturated rings. The highest BCUT2D eigenvalue weighted by molar-refractivity contribution is 5.89. The first-order valence-corrected chi connectivity index (χ1v) is 7.86. The van der Waals surface area contributed by atoms with Crippen molar-refractivity contribution in [2.45, 2.75) is 33.7 Å². The average molecular weight is 329 g/mol. The Morgan fingerprint density at radius 2 is 1.88 bits per heavy atom. The van der Waals surface area contributed by atoms with E-state index in [0.29, 0.717) is 6.54 Å². The number of carbonyl (C=O) groups is 2. The summed E-state index contributed by atoms with van der Waals surface area (Å²) in [7, 11) is 0. The van der Waals surface area contributed by atoms with Gasteiger partial charge >= 0.3 is 0 Å². The Hall–Kier alpha value is -2.70. The highest BCUT2D eigenvalue weighted by Crippen LogP contribution is 2.12. The Morgan fingerprint density at radius 1 is 1.17 bits per heavy atom. The van der Waals surface area contributed by atoms with E-state index >= 15 is 0 Å². The Morgan fingerprint density at radius 3 is 2.54 bits per heavy atom. The Bertz CT molecular complexity index is 689. The summed E-state index contributed by atoms with van der Waals surface area (Å²) < 4.78 is 1.66. The van der Waals surface area contributed by atoms with Crippen LogP contribution in [0.3, 0.4) is 0 Å². The second kappa shape index (κ2) is 7.72. The number of hydrogen-bond acceptors (Lipinski definition) is 4. The van der Waals surface area contributed by atoms with E-state index in [2.05, 4.69) is 20.7 Å². The van der Waals surface area contributed by atoms with Crippen LogP contribution >= 0.6 is 0 Å². The Kier molecular flexibility index (Phi) is 5.68. The zero-order valence-electron chi connectivity index (χ0n) is 14.2. The molecular formula is C17H23N5O2. The minimum absolute atomic E-state index is 0.0828. The smallest absolute Gasteiger partial charge is 0.248 e. The fourth-order valence-electron chi connectivity index (χ4n) is 1.94. The number of hydrogen-bond donors (Lipinski definition) is 2. The van der Waals surface area contributed by atoms with Crippen molar-refractivity contribution in [1.29, 1.82) is 0 Å². The molecule has 7 nitrogen and oxygen atoms in total. The van der Waals surface area contributed by atoms with Gasteiger partial charge < -0.3 is 5.32 Å². The minimum Gasteiger partial charge on any atom is -0.355 e. The molecule has 128 valence electrons. The molecule has 7 heteroatoms. The first-order valence-electron chi connectivity index (χ1n) is 7.86. The van der Waals surface area contributed by atoms with Crippen molar-refractivity contribution < 1.29 is 9.59 Å². The van der Waals surface area contributed by atoms with Crippen molar-refractivity contribution in [2.24, 2.45) is 5.41 Å². The lowest BCUT2D eigenvalue weighted by Gasteiger charge is -2.17. The number of anilines is 1. The summed E-state index contributed by atoms with van der Waals surface area (Å²) in [5.41, 5.74) is 0.638.